The number of thioether (sulfide) groups is 1. The molecule has 5 nitrogen and oxygen atoms in total. The number of alkyl halides is 3. The minimum atomic E-state index is -4.43. The first-order chi connectivity index (χ1) is 17.6. The number of benzene rings is 3. The Hall–Kier alpha value is -2.86. The molecule has 0 aliphatic carbocycles. The lowest BCUT2D eigenvalue weighted by Gasteiger charge is -2.25. The minimum absolute atomic E-state index is 0.0885. The molecule has 0 bridgehead atoms. The highest BCUT2D eigenvalue weighted by Crippen LogP contribution is 2.40. The van der Waals surface area contributed by atoms with Crippen molar-refractivity contribution >= 4 is 57.1 Å². The number of carbonyl (C=O) groups is 2. The first-order valence-electron chi connectivity index (χ1n) is 11.2. The van der Waals surface area contributed by atoms with Crippen LogP contribution in [0, 0.1) is 3.57 Å². The first kappa shape index (κ1) is 28.7. The summed E-state index contributed by atoms with van der Waals surface area (Å²) in [4.78, 5) is 30.8. The van der Waals surface area contributed by atoms with E-state index in [-0.39, 0.29) is 11.8 Å². The molecule has 1 atom stereocenters. The van der Waals surface area contributed by atoms with Crippen molar-refractivity contribution in [3.63, 3.8) is 0 Å². The highest BCUT2D eigenvalue weighted by molar-refractivity contribution is 14.1. The van der Waals surface area contributed by atoms with Crippen LogP contribution in [-0.2, 0) is 4.74 Å². The van der Waals surface area contributed by atoms with Crippen LogP contribution in [-0.4, -0.2) is 36.9 Å². The van der Waals surface area contributed by atoms with E-state index >= 15 is 0 Å². The Morgan fingerprint density at radius 1 is 0.973 bits per heavy atom. The van der Waals surface area contributed by atoms with Crippen LogP contribution in [0.15, 0.2) is 83.9 Å². The molecular weight excluding hydrogens is 616 g/mol. The van der Waals surface area contributed by atoms with Gasteiger partial charge >= 0.3 is 12.1 Å². The van der Waals surface area contributed by atoms with Crippen molar-refractivity contribution in [1.82, 2.24) is 0 Å². The van der Waals surface area contributed by atoms with Crippen molar-refractivity contribution in [3.05, 3.63) is 99.1 Å². The van der Waals surface area contributed by atoms with Gasteiger partial charge in [0.05, 0.1) is 18.6 Å². The van der Waals surface area contributed by atoms with Gasteiger partial charge in [0, 0.05) is 27.1 Å². The monoisotopic (exact) mass is 640 g/mol. The summed E-state index contributed by atoms with van der Waals surface area (Å²) >= 11 is 2.97. The third-order valence-corrected chi connectivity index (χ3v) is 7.20. The molecule has 1 amide bonds. The van der Waals surface area contributed by atoms with Gasteiger partial charge in [0.15, 0.2) is 5.17 Å². The third-order valence-electron chi connectivity index (χ3n) is 5.18. The smallest absolute Gasteiger partial charge is 0.390 e. The Bertz CT molecular complexity index is 1230. The number of hydrogen-bond donors (Lipinski definition) is 0. The second kappa shape index (κ2) is 13.1. The quantitative estimate of drug-likeness (QED) is 0.116. The van der Waals surface area contributed by atoms with Crippen molar-refractivity contribution in [2.75, 3.05) is 18.6 Å². The third kappa shape index (κ3) is 8.60. The predicted molar refractivity (Wildman–Crippen MR) is 149 cm³/mol. The molecule has 0 saturated heterocycles. The van der Waals surface area contributed by atoms with Gasteiger partial charge in [-0.25, -0.2) is 4.79 Å². The van der Waals surface area contributed by atoms with Crippen LogP contribution in [0.1, 0.15) is 44.9 Å². The Balaban J connectivity index is 2.00. The molecule has 3 aromatic rings. The van der Waals surface area contributed by atoms with E-state index in [4.69, 9.17) is 4.74 Å². The molecule has 194 valence electrons. The van der Waals surface area contributed by atoms with Gasteiger partial charge in [0.1, 0.15) is 0 Å². The van der Waals surface area contributed by atoms with Gasteiger partial charge in [0.2, 0.25) is 0 Å². The lowest BCUT2D eigenvalue weighted by Crippen LogP contribution is -2.27. The summed E-state index contributed by atoms with van der Waals surface area (Å²) in [5.74, 6) is -1.06. The molecule has 0 N–H and O–H groups in total. The molecule has 0 aliphatic rings. The number of hydrogen-bond acceptors (Lipinski definition) is 4. The average Bonchev–Trinajstić information content (AvgIpc) is 2.87. The number of ether oxygens (including phenoxy) is 1. The number of esters is 1. The number of amidine groups is 1. The number of aliphatic imine (C=N–C) groups is 1. The van der Waals surface area contributed by atoms with Gasteiger partial charge in [-0.15, -0.1) is 0 Å². The van der Waals surface area contributed by atoms with Crippen molar-refractivity contribution in [2.45, 2.75) is 24.8 Å². The number of carbonyl (C=O) groups excluding carboxylic acids is 2. The maximum atomic E-state index is 13.5. The van der Waals surface area contributed by atoms with E-state index in [1.165, 1.54) is 4.90 Å². The van der Waals surface area contributed by atoms with Gasteiger partial charge in [-0.2, -0.15) is 18.2 Å². The first-order valence-corrected chi connectivity index (χ1v) is 13.2. The normalized spacial score (nSPS) is 12.6. The van der Waals surface area contributed by atoms with E-state index < -0.39 is 29.7 Å². The molecule has 10 heteroatoms. The average molecular weight is 640 g/mol. The minimum Gasteiger partial charge on any atom is -0.462 e. The summed E-state index contributed by atoms with van der Waals surface area (Å²) in [5.41, 5.74) is 1.65. The largest absolute Gasteiger partial charge is 0.462 e. The highest BCUT2D eigenvalue weighted by atomic mass is 127. The second-order valence-corrected chi connectivity index (χ2v) is 10.3. The summed E-state index contributed by atoms with van der Waals surface area (Å²) in [6, 6.07) is 21.4. The van der Waals surface area contributed by atoms with Gasteiger partial charge in [0.25, 0.3) is 5.91 Å². The standard InChI is InChI=1S/C27H24F3IN2O3S/c1-3-36-25(35)20-11-15-22(16-12-20)33(2)26(32-24(34)19-9-13-21(31)14-10-19)37-23(17-27(28,29)30)18-7-5-4-6-8-18/h4-16,23H,3,17H2,1-2H3. The Kier molecular flexibility index (Phi) is 10.2. The number of nitrogens with zero attached hydrogens (tertiary/aromatic N) is 2. The van der Waals surface area contributed by atoms with Gasteiger partial charge in [-0.1, -0.05) is 42.1 Å². The molecule has 0 fully saturated rings. The second-order valence-electron chi connectivity index (χ2n) is 7.87. The van der Waals surface area contributed by atoms with Gasteiger partial charge < -0.3 is 9.64 Å². The van der Waals surface area contributed by atoms with E-state index in [0.717, 1.165) is 15.3 Å². The fraction of sp³-hybridized carbons (Fsp3) is 0.222. The maximum Gasteiger partial charge on any atom is 0.390 e. The van der Waals surface area contributed by atoms with Crippen LogP contribution >= 0.6 is 34.4 Å². The van der Waals surface area contributed by atoms with Crippen LogP contribution < -0.4 is 4.90 Å². The van der Waals surface area contributed by atoms with Crippen molar-refractivity contribution in [1.29, 1.82) is 0 Å². The highest BCUT2D eigenvalue weighted by Gasteiger charge is 2.34. The number of amides is 1. The molecule has 3 rings (SSSR count). The number of halogens is 4. The number of rotatable bonds is 7. The van der Waals surface area contributed by atoms with Crippen LogP contribution in [0.3, 0.4) is 0 Å². The molecule has 0 spiro atoms. The lowest BCUT2D eigenvalue weighted by atomic mass is 10.1. The van der Waals surface area contributed by atoms with Crippen molar-refractivity contribution in [3.8, 4) is 0 Å². The molecule has 1 unspecified atom stereocenters. The molecule has 0 aromatic heterocycles. The van der Waals surface area contributed by atoms with E-state index in [1.54, 1.807) is 92.8 Å². The van der Waals surface area contributed by atoms with E-state index in [2.05, 4.69) is 27.6 Å². The van der Waals surface area contributed by atoms with Gasteiger partial charge in [-0.05, 0) is 83.6 Å². The van der Waals surface area contributed by atoms with Crippen LogP contribution in [0.2, 0.25) is 0 Å². The molecule has 0 saturated carbocycles. The molecule has 3 aromatic carbocycles. The molecular formula is C27H24F3IN2O3S. The summed E-state index contributed by atoms with van der Waals surface area (Å²) in [6.07, 6.45) is -5.54. The van der Waals surface area contributed by atoms with Crippen LogP contribution in [0.25, 0.3) is 0 Å². The summed E-state index contributed by atoms with van der Waals surface area (Å²) in [5, 5.41) is -0.948. The van der Waals surface area contributed by atoms with Crippen LogP contribution in [0.4, 0.5) is 18.9 Å². The molecule has 0 radical (unpaired) electrons. The van der Waals surface area contributed by atoms with Crippen molar-refractivity contribution < 1.29 is 27.5 Å². The molecule has 0 heterocycles. The molecule has 0 aliphatic heterocycles. The fourth-order valence-corrected chi connectivity index (χ4v) is 4.88. The van der Waals surface area contributed by atoms with Crippen LogP contribution in [0.5, 0.6) is 0 Å². The zero-order chi connectivity index (χ0) is 27.0. The van der Waals surface area contributed by atoms with E-state index in [0.29, 0.717) is 22.4 Å². The zero-order valence-corrected chi connectivity index (χ0v) is 23.0. The fourth-order valence-electron chi connectivity index (χ4n) is 3.30. The van der Waals surface area contributed by atoms with Gasteiger partial charge in [-0.3, -0.25) is 4.79 Å². The Labute approximate surface area is 231 Å². The summed E-state index contributed by atoms with van der Waals surface area (Å²) in [6.45, 7) is 1.93. The van der Waals surface area contributed by atoms with Crippen molar-refractivity contribution in [2.24, 2.45) is 4.99 Å². The topological polar surface area (TPSA) is 59.0 Å². The number of anilines is 1. The summed E-state index contributed by atoms with van der Waals surface area (Å²) in [7, 11) is 1.61. The zero-order valence-electron chi connectivity index (χ0n) is 20.0. The van der Waals surface area contributed by atoms with E-state index in [9.17, 15) is 22.8 Å². The summed E-state index contributed by atoms with van der Waals surface area (Å²) < 4.78 is 46.5. The predicted octanol–water partition coefficient (Wildman–Crippen LogP) is 7.53. The molecule has 37 heavy (non-hydrogen) atoms. The lowest BCUT2D eigenvalue weighted by molar-refractivity contribution is -0.134. The Morgan fingerprint density at radius 2 is 1.57 bits per heavy atom. The maximum absolute atomic E-state index is 13.5. The SMILES string of the molecule is CCOC(=O)c1ccc(N(C)C(=NC(=O)c2ccc(I)cc2)SC(CC(F)(F)F)c2ccccc2)cc1. The van der Waals surface area contributed by atoms with E-state index in [1.807, 2.05) is 0 Å². The Morgan fingerprint density at radius 3 is 2.14 bits per heavy atom.